The summed E-state index contributed by atoms with van der Waals surface area (Å²) in [6.45, 7) is 13.0. The van der Waals surface area contributed by atoms with E-state index in [9.17, 15) is 9.18 Å². The van der Waals surface area contributed by atoms with Crippen LogP contribution in [0.4, 0.5) is 14.9 Å². The fourth-order valence-corrected chi connectivity index (χ4v) is 5.72. The smallest absolute Gasteiger partial charge is 0.318 e. The number of nitrogens with zero attached hydrogens (tertiary/aromatic N) is 2. The molecule has 6 heteroatoms. The zero-order valence-electron chi connectivity index (χ0n) is 20.9. The Labute approximate surface area is 208 Å². The molecule has 1 aromatic rings. The number of rotatable bonds is 10. The van der Waals surface area contributed by atoms with Gasteiger partial charge in [-0.25, -0.2) is 9.18 Å². The van der Waals surface area contributed by atoms with Crippen LogP contribution in [0.5, 0.6) is 0 Å². The van der Waals surface area contributed by atoms with Crippen molar-refractivity contribution in [3.8, 4) is 0 Å². The first-order valence-electron chi connectivity index (χ1n) is 12.7. The van der Waals surface area contributed by atoms with Gasteiger partial charge in [0.15, 0.2) is 0 Å². The normalized spacial score (nSPS) is 21.4. The number of fused-ring (bicyclic) bond motifs is 1. The number of halogens is 1. The first-order valence-corrected chi connectivity index (χ1v) is 12.7. The van der Waals surface area contributed by atoms with Crippen LogP contribution in [0.25, 0.3) is 0 Å². The summed E-state index contributed by atoms with van der Waals surface area (Å²) in [5.74, 6) is 0.510. The molecule has 1 aromatic carbocycles. The number of anilines is 1. The van der Waals surface area contributed by atoms with Crippen LogP contribution in [0, 0.1) is 17.7 Å². The van der Waals surface area contributed by atoms with Gasteiger partial charge in [-0.15, -0.1) is 13.2 Å². The van der Waals surface area contributed by atoms with Crippen LogP contribution < -0.4 is 15.8 Å². The summed E-state index contributed by atoms with van der Waals surface area (Å²) in [5, 5.41) is 5.33. The zero-order chi connectivity index (χ0) is 24.9. The predicted octanol–water partition coefficient (Wildman–Crippen LogP) is 6.22. The van der Waals surface area contributed by atoms with E-state index in [2.05, 4.69) is 50.0 Å². The van der Waals surface area contributed by atoms with Gasteiger partial charge in [0.2, 0.25) is 0 Å². The van der Waals surface area contributed by atoms with Crippen LogP contribution in [-0.4, -0.2) is 30.1 Å². The molecule has 2 amide bonds. The number of carbonyl (C=O) groups is 1. The Hall–Kier alpha value is -3.28. The number of nitrogens with one attached hydrogen (secondary N) is 2. The Morgan fingerprint density at radius 2 is 2.00 bits per heavy atom. The Bertz CT molecular complexity index is 1040. The molecular formula is C29H37FN4O. The molecule has 2 N–H and O–H groups in total. The molecule has 3 atom stereocenters. The number of benzene rings is 1. The fourth-order valence-electron chi connectivity index (χ4n) is 5.72. The van der Waals surface area contributed by atoms with E-state index in [0.717, 1.165) is 43.5 Å². The Morgan fingerprint density at radius 3 is 2.66 bits per heavy atom. The third-order valence-electron chi connectivity index (χ3n) is 7.31. The van der Waals surface area contributed by atoms with Crippen molar-refractivity contribution < 1.29 is 9.18 Å². The molecule has 0 saturated carbocycles. The highest BCUT2D eigenvalue weighted by Gasteiger charge is 2.38. The summed E-state index contributed by atoms with van der Waals surface area (Å²) in [5.41, 5.74) is 9.61. The average Bonchev–Trinajstić information content (AvgIpc) is 3.44. The van der Waals surface area contributed by atoms with Crippen molar-refractivity contribution >= 4 is 11.7 Å². The summed E-state index contributed by atoms with van der Waals surface area (Å²) < 4.78 is 13.4. The maximum absolute atomic E-state index is 13.4. The van der Waals surface area contributed by atoms with Crippen molar-refractivity contribution in [1.29, 1.82) is 0 Å². The number of hydrazine groups is 1. The number of urea groups is 1. The standard InChI is InChI=1S/C29H37FN4O/c1-5-8-24(32-29(35)33(15-6-2)16-7-3)17-21-9-10-22-18-27-26(20(4)28(21)22)19-31-34(27)25-13-11-23(30)12-14-25/h6-7,11-14,18-21,24,31H,2-3,5,8-10,15-17H2,1,4H3,(H,32,35)/t20-,21+,24?/m0/s1. The third kappa shape index (κ3) is 5.21. The lowest BCUT2D eigenvalue weighted by Gasteiger charge is -2.32. The molecule has 0 spiro atoms. The monoisotopic (exact) mass is 476 g/mol. The van der Waals surface area contributed by atoms with Crippen molar-refractivity contribution in [3.05, 3.63) is 90.1 Å². The molecule has 0 bridgehead atoms. The number of allylic oxidation sites excluding steroid dienone is 4. The molecule has 1 unspecified atom stereocenters. The maximum Gasteiger partial charge on any atom is 0.318 e. The molecule has 3 aliphatic rings. The van der Waals surface area contributed by atoms with E-state index in [4.69, 9.17) is 0 Å². The highest BCUT2D eigenvalue weighted by molar-refractivity contribution is 5.75. The first-order chi connectivity index (χ1) is 17.0. The van der Waals surface area contributed by atoms with Crippen molar-refractivity contribution in [2.75, 3.05) is 18.1 Å². The third-order valence-corrected chi connectivity index (χ3v) is 7.31. The van der Waals surface area contributed by atoms with Gasteiger partial charge in [0.05, 0.1) is 11.4 Å². The molecule has 0 saturated heterocycles. The summed E-state index contributed by atoms with van der Waals surface area (Å²) >= 11 is 0. The Morgan fingerprint density at radius 1 is 1.29 bits per heavy atom. The number of amides is 2. The summed E-state index contributed by atoms with van der Waals surface area (Å²) in [7, 11) is 0. The minimum Gasteiger partial charge on any atom is -0.335 e. The first kappa shape index (κ1) is 24.8. The minimum absolute atomic E-state index is 0.0491. The topological polar surface area (TPSA) is 47.6 Å². The summed E-state index contributed by atoms with van der Waals surface area (Å²) in [6.07, 6.45) is 13.0. The second-order valence-corrected chi connectivity index (χ2v) is 9.66. The lowest BCUT2D eigenvalue weighted by molar-refractivity contribution is 0.200. The van der Waals surface area contributed by atoms with Crippen LogP contribution in [0.3, 0.4) is 0 Å². The number of hydrogen-bond acceptors (Lipinski definition) is 3. The Kier molecular flexibility index (Phi) is 7.79. The average molecular weight is 477 g/mol. The number of carbonyl (C=O) groups excluding carboxylic acids is 1. The van der Waals surface area contributed by atoms with Crippen molar-refractivity contribution in [3.63, 3.8) is 0 Å². The van der Waals surface area contributed by atoms with Gasteiger partial charge in [0.25, 0.3) is 0 Å². The maximum atomic E-state index is 13.4. The second-order valence-electron chi connectivity index (χ2n) is 9.66. The predicted molar refractivity (Wildman–Crippen MR) is 141 cm³/mol. The van der Waals surface area contributed by atoms with Crippen LogP contribution in [0.2, 0.25) is 0 Å². The van der Waals surface area contributed by atoms with Crippen molar-refractivity contribution in [2.24, 2.45) is 11.8 Å². The van der Waals surface area contributed by atoms with Crippen molar-refractivity contribution in [1.82, 2.24) is 15.6 Å². The molecule has 186 valence electrons. The van der Waals surface area contributed by atoms with Crippen molar-refractivity contribution in [2.45, 2.75) is 52.0 Å². The van der Waals surface area contributed by atoms with E-state index < -0.39 is 0 Å². The van der Waals surface area contributed by atoms with Crippen LogP contribution in [0.15, 0.2) is 84.3 Å². The SMILES string of the molecule is C=CCN(CC=C)C(=O)NC(CCC)C[C@H]1CCC2=C1[C@@H](C)C1=CNN(c3ccc(F)cc3)C1=C2. The lowest BCUT2D eigenvalue weighted by atomic mass is 9.78. The molecule has 0 radical (unpaired) electrons. The van der Waals surface area contributed by atoms with Crippen LogP contribution in [-0.2, 0) is 0 Å². The van der Waals surface area contributed by atoms with E-state index >= 15 is 0 Å². The quantitative estimate of drug-likeness (QED) is 0.394. The molecular weight excluding hydrogens is 439 g/mol. The van der Waals surface area contributed by atoms with E-state index in [1.807, 2.05) is 5.01 Å². The molecule has 35 heavy (non-hydrogen) atoms. The molecule has 5 nitrogen and oxygen atoms in total. The largest absolute Gasteiger partial charge is 0.335 e. The molecule has 1 aliphatic heterocycles. The molecule has 4 rings (SSSR count). The van der Waals surface area contributed by atoms with E-state index in [1.54, 1.807) is 29.2 Å². The van der Waals surface area contributed by atoms with Gasteiger partial charge in [-0.1, -0.05) is 38.0 Å². The van der Waals surface area contributed by atoms with E-state index in [-0.39, 0.29) is 17.9 Å². The molecule has 0 aromatic heterocycles. The molecule has 2 aliphatic carbocycles. The van der Waals surface area contributed by atoms with Gasteiger partial charge < -0.3 is 15.6 Å². The number of hydrogen-bond donors (Lipinski definition) is 2. The lowest BCUT2D eigenvalue weighted by Crippen LogP contribution is -2.45. The molecule has 1 heterocycles. The van der Waals surface area contributed by atoms with E-state index in [1.165, 1.54) is 28.9 Å². The minimum atomic E-state index is -0.235. The summed E-state index contributed by atoms with van der Waals surface area (Å²) in [6, 6.07) is 6.66. The second kappa shape index (κ2) is 11.0. The van der Waals surface area contributed by atoms with Gasteiger partial charge in [-0.05, 0) is 67.5 Å². The van der Waals surface area contributed by atoms with Crippen LogP contribution in [0.1, 0.15) is 46.0 Å². The zero-order valence-corrected chi connectivity index (χ0v) is 20.9. The Balaban J connectivity index is 1.51. The van der Waals surface area contributed by atoms with Gasteiger partial charge in [0, 0.05) is 36.8 Å². The van der Waals surface area contributed by atoms with E-state index in [0.29, 0.717) is 24.9 Å². The molecule has 0 fully saturated rings. The summed E-state index contributed by atoms with van der Waals surface area (Å²) in [4.78, 5) is 14.7. The van der Waals surface area contributed by atoms with Gasteiger partial charge in [0.1, 0.15) is 5.82 Å². The van der Waals surface area contributed by atoms with Gasteiger partial charge in [-0.2, -0.15) is 0 Å². The fraction of sp³-hybridized carbons (Fsp3) is 0.414. The van der Waals surface area contributed by atoms with Gasteiger partial charge in [-0.3, -0.25) is 5.01 Å². The van der Waals surface area contributed by atoms with Gasteiger partial charge >= 0.3 is 6.03 Å². The highest BCUT2D eigenvalue weighted by atomic mass is 19.1. The van der Waals surface area contributed by atoms with Crippen LogP contribution >= 0.6 is 0 Å². The highest BCUT2D eigenvalue weighted by Crippen LogP contribution is 2.49.